The van der Waals surface area contributed by atoms with Crippen LogP contribution in [0.15, 0.2) is 45.0 Å². The lowest BCUT2D eigenvalue weighted by Gasteiger charge is -2.32. The molecule has 1 amide bonds. The van der Waals surface area contributed by atoms with E-state index in [-0.39, 0.29) is 11.4 Å². The largest absolute Gasteiger partial charge is 0.455 e. The van der Waals surface area contributed by atoms with Crippen LogP contribution in [0.3, 0.4) is 0 Å². The number of nitriles is 1. The number of carbonyl (C=O) groups excluding carboxylic acids is 2. The number of ether oxygens (including phenoxy) is 1. The fourth-order valence-corrected chi connectivity index (χ4v) is 5.57. The standard InChI is InChI=1S/C20H18N4O5S2/c21-10-13-7-9-30-19(13)22-17(25)12-29-20(26)14-4-3-8-24(11-14)18-15-5-1-2-6-16(15)31(27,28)23-18/h1-2,5-7,9,14H,3-4,8,11-12H2,(H,22,25)/t14-/m1/s1. The molecule has 1 saturated heterocycles. The minimum atomic E-state index is -3.74. The summed E-state index contributed by atoms with van der Waals surface area (Å²) in [5, 5.41) is 13.6. The number of rotatable bonds is 4. The first kappa shape index (κ1) is 21.0. The van der Waals surface area contributed by atoms with Crippen LogP contribution in [0, 0.1) is 17.2 Å². The van der Waals surface area contributed by atoms with Crippen LogP contribution in [0.4, 0.5) is 5.00 Å². The van der Waals surface area contributed by atoms with Crippen molar-refractivity contribution in [3.8, 4) is 6.07 Å². The number of fused-ring (bicyclic) bond motifs is 1. The highest BCUT2D eigenvalue weighted by Crippen LogP contribution is 2.30. The number of likely N-dealkylation sites (tertiary alicyclic amines) is 1. The number of hydrogen-bond acceptors (Lipinski definition) is 8. The Balaban J connectivity index is 1.37. The number of benzene rings is 1. The van der Waals surface area contributed by atoms with E-state index in [1.165, 1.54) is 17.4 Å². The van der Waals surface area contributed by atoms with Gasteiger partial charge < -0.3 is 15.0 Å². The van der Waals surface area contributed by atoms with E-state index in [0.29, 0.717) is 41.4 Å². The van der Waals surface area contributed by atoms with Crippen molar-refractivity contribution in [2.75, 3.05) is 25.0 Å². The molecule has 0 spiro atoms. The summed E-state index contributed by atoms with van der Waals surface area (Å²) in [7, 11) is -3.74. The third kappa shape index (κ3) is 4.30. The van der Waals surface area contributed by atoms with Gasteiger partial charge in [-0.25, -0.2) is 0 Å². The highest BCUT2D eigenvalue weighted by molar-refractivity contribution is 7.90. The number of sulfonamides is 1. The number of hydrogen-bond donors (Lipinski definition) is 1. The van der Waals surface area contributed by atoms with E-state index in [0.717, 1.165) is 0 Å². The molecule has 1 N–H and O–H groups in total. The monoisotopic (exact) mass is 458 g/mol. The van der Waals surface area contributed by atoms with Crippen molar-refractivity contribution in [2.45, 2.75) is 17.7 Å². The second-order valence-electron chi connectivity index (χ2n) is 7.10. The predicted molar refractivity (Wildman–Crippen MR) is 113 cm³/mol. The zero-order chi connectivity index (χ0) is 22.0. The van der Waals surface area contributed by atoms with E-state index >= 15 is 0 Å². The molecule has 4 rings (SSSR count). The van der Waals surface area contributed by atoms with Gasteiger partial charge in [0.1, 0.15) is 16.0 Å². The minimum absolute atomic E-state index is 0.164. The summed E-state index contributed by atoms with van der Waals surface area (Å²) in [6, 6.07) is 10.2. The number of amides is 1. The Labute approximate surface area is 183 Å². The highest BCUT2D eigenvalue weighted by Gasteiger charge is 2.35. The molecule has 0 unspecified atom stereocenters. The summed E-state index contributed by atoms with van der Waals surface area (Å²) >= 11 is 1.21. The SMILES string of the molecule is N#Cc1ccsc1NC(=O)COC(=O)[C@@H]1CCCN(C2=NS(=O)(=O)c3ccccc32)C1. The fourth-order valence-electron chi connectivity index (χ4n) is 3.59. The fraction of sp³-hybridized carbons (Fsp3) is 0.300. The maximum absolute atomic E-state index is 12.5. The Kier molecular flexibility index (Phi) is 5.75. The lowest BCUT2D eigenvalue weighted by Crippen LogP contribution is -2.43. The minimum Gasteiger partial charge on any atom is -0.455 e. The van der Waals surface area contributed by atoms with Gasteiger partial charge in [-0.2, -0.15) is 13.7 Å². The molecule has 2 aromatic rings. The van der Waals surface area contributed by atoms with Gasteiger partial charge in [-0.05, 0) is 36.4 Å². The molecule has 1 fully saturated rings. The number of nitrogens with zero attached hydrogens (tertiary/aromatic N) is 3. The van der Waals surface area contributed by atoms with E-state index in [2.05, 4.69) is 9.71 Å². The number of nitrogens with one attached hydrogen (secondary N) is 1. The molecular weight excluding hydrogens is 440 g/mol. The Hall–Kier alpha value is -3.23. The van der Waals surface area contributed by atoms with Gasteiger partial charge in [-0.1, -0.05) is 12.1 Å². The first-order valence-corrected chi connectivity index (χ1v) is 11.8. The Bertz CT molecular complexity index is 1210. The van der Waals surface area contributed by atoms with Crippen molar-refractivity contribution < 1.29 is 22.7 Å². The summed E-state index contributed by atoms with van der Waals surface area (Å²) in [5.74, 6) is -1.22. The van der Waals surface area contributed by atoms with Crippen molar-refractivity contribution in [2.24, 2.45) is 10.3 Å². The number of amidine groups is 1. The summed E-state index contributed by atoms with van der Waals surface area (Å²) in [6.45, 7) is 0.366. The van der Waals surface area contributed by atoms with Gasteiger partial charge in [0.15, 0.2) is 12.4 Å². The van der Waals surface area contributed by atoms with Crippen LogP contribution in [0.5, 0.6) is 0 Å². The van der Waals surface area contributed by atoms with Gasteiger partial charge in [-0.3, -0.25) is 9.59 Å². The first-order valence-electron chi connectivity index (χ1n) is 9.52. The van der Waals surface area contributed by atoms with E-state index in [4.69, 9.17) is 10.00 Å². The maximum atomic E-state index is 12.5. The molecule has 0 saturated carbocycles. The van der Waals surface area contributed by atoms with E-state index < -0.39 is 34.4 Å². The predicted octanol–water partition coefficient (Wildman–Crippen LogP) is 1.96. The molecule has 2 aliphatic heterocycles. The number of thiophene rings is 1. The molecule has 9 nitrogen and oxygen atoms in total. The van der Waals surface area contributed by atoms with Gasteiger partial charge >= 0.3 is 5.97 Å². The number of piperidine rings is 1. The van der Waals surface area contributed by atoms with E-state index in [9.17, 15) is 18.0 Å². The molecule has 0 bridgehead atoms. The smallest absolute Gasteiger partial charge is 0.311 e. The third-order valence-corrected chi connectivity index (χ3v) is 7.21. The Morgan fingerprint density at radius 2 is 2.13 bits per heavy atom. The molecular formula is C20H18N4O5S2. The van der Waals surface area contributed by atoms with Crippen molar-refractivity contribution in [1.82, 2.24) is 4.90 Å². The normalized spacial score (nSPS) is 19.1. The maximum Gasteiger partial charge on any atom is 0.311 e. The first-order chi connectivity index (χ1) is 14.9. The van der Waals surface area contributed by atoms with Crippen LogP contribution in [-0.4, -0.2) is 50.7 Å². The zero-order valence-corrected chi connectivity index (χ0v) is 17.9. The molecule has 1 aromatic carbocycles. The van der Waals surface area contributed by atoms with E-state index in [1.54, 1.807) is 34.5 Å². The molecule has 160 valence electrons. The number of esters is 1. The average Bonchev–Trinajstić information content (AvgIpc) is 3.33. The second-order valence-corrected chi connectivity index (χ2v) is 9.59. The van der Waals surface area contributed by atoms with Crippen LogP contribution < -0.4 is 5.32 Å². The summed E-state index contributed by atoms with van der Waals surface area (Å²) in [6.07, 6.45) is 1.23. The molecule has 0 radical (unpaired) electrons. The zero-order valence-electron chi connectivity index (χ0n) is 16.3. The number of carbonyl (C=O) groups is 2. The van der Waals surface area contributed by atoms with Crippen molar-refractivity contribution in [3.63, 3.8) is 0 Å². The molecule has 2 aliphatic rings. The summed E-state index contributed by atoms with van der Waals surface area (Å²) in [5.41, 5.74) is 0.875. The van der Waals surface area contributed by atoms with Crippen LogP contribution in [0.1, 0.15) is 24.0 Å². The molecule has 1 aromatic heterocycles. The van der Waals surface area contributed by atoms with Gasteiger partial charge in [0.2, 0.25) is 0 Å². The second kappa shape index (κ2) is 8.49. The Morgan fingerprint density at radius 1 is 1.32 bits per heavy atom. The quantitative estimate of drug-likeness (QED) is 0.694. The lowest BCUT2D eigenvalue weighted by atomic mass is 9.97. The number of anilines is 1. The average molecular weight is 459 g/mol. The van der Waals surface area contributed by atoms with Crippen LogP contribution in [0.25, 0.3) is 0 Å². The van der Waals surface area contributed by atoms with E-state index in [1.807, 2.05) is 6.07 Å². The molecule has 31 heavy (non-hydrogen) atoms. The van der Waals surface area contributed by atoms with Crippen molar-refractivity contribution >= 4 is 44.1 Å². The van der Waals surface area contributed by atoms with Gasteiger partial charge in [0, 0.05) is 18.7 Å². The van der Waals surface area contributed by atoms with Crippen LogP contribution in [0.2, 0.25) is 0 Å². The molecule has 11 heteroatoms. The van der Waals surface area contributed by atoms with Gasteiger partial charge in [-0.15, -0.1) is 15.7 Å². The topological polar surface area (TPSA) is 129 Å². The third-order valence-electron chi connectivity index (χ3n) is 5.05. The van der Waals surface area contributed by atoms with Crippen molar-refractivity contribution in [1.29, 1.82) is 5.26 Å². The molecule has 1 atom stereocenters. The van der Waals surface area contributed by atoms with Crippen molar-refractivity contribution in [3.05, 3.63) is 46.8 Å². The lowest BCUT2D eigenvalue weighted by molar-refractivity contribution is -0.152. The van der Waals surface area contributed by atoms with Gasteiger partial charge in [0.05, 0.1) is 11.5 Å². The van der Waals surface area contributed by atoms with Crippen LogP contribution >= 0.6 is 11.3 Å². The molecule has 3 heterocycles. The summed E-state index contributed by atoms with van der Waals surface area (Å²) < 4.78 is 33.7. The highest BCUT2D eigenvalue weighted by atomic mass is 32.2. The Morgan fingerprint density at radius 3 is 2.94 bits per heavy atom. The van der Waals surface area contributed by atoms with Gasteiger partial charge in [0.25, 0.3) is 15.9 Å². The molecule has 0 aliphatic carbocycles. The van der Waals surface area contributed by atoms with Crippen LogP contribution in [-0.2, 0) is 24.3 Å². The summed E-state index contributed by atoms with van der Waals surface area (Å²) in [4.78, 5) is 26.5.